The maximum atomic E-state index is 12.4. The number of rotatable bonds is 42. The van der Waals surface area contributed by atoms with Gasteiger partial charge in [-0.2, -0.15) is 0 Å². The number of hydrogen-bond acceptors (Lipinski definition) is 4. The predicted octanol–water partition coefficient (Wildman–Crippen LogP) is 13.7. The number of carbonyl (C=O) groups is 1. The van der Waals surface area contributed by atoms with E-state index in [0.717, 1.165) is 51.4 Å². The number of aliphatic hydroxyl groups excluding tert-OH is 3. The van der Waals surface area contributed by atoms with Crippen LogP contribution < -0.4 is 5.32 Å². The van der Waals surface area contributed by atoms with Crippen LogP contribution in [0.25, 0.3) is 0 Å². The number of amides is 1. The first kappa shape index (κ1) is 52.3. The molecule has 0 heterocycles. The highest BCUT2D eigenvalue weighted by atomic mass is 16.3. The van der Waals surface area contributed by atoms with Gasteiger partial charge in [-0.1, -0.05) is 204 Å². The van der Waals surface area contributed by atoms with E-state index in [0.29, 0.717) is 6.42 Å². The zero-order valence-corrected chi connectivity index (χ0v) is 35.8. The van der Waals surface area contributed by atoms with Crippen molar-refractivity contribution in [1.82, 2.24) is 5.32 Å². The summed E-state index contributed by atoms with van der Waals surface area (Å²) in [6.07, 6.45) is 56.9. The monoisotopic (exact) mass is 758 g/mol. The smallest absolute Gasteiger partial charge is 0.222 e. The molecule has 0 aliphatic rings. The second-order valence-electron chi connectivity index (χ2n) is 16.0. The van der Waals surface area contributed by atoms with Crippen LogP contribution in [0.5, 0.6) is 0 Å². The summed E-state index contributed by atoms with van der Waals surface area (Å²) in [6, 6.07) is -0.771. The molecule has 4 N–H and O–H groups in total. The van der Waals surface area contributed by atoms with Crippen LogP contribution in [-0.2, 0) is 4.79 Å². The van der Waals surface area contributed by atoms with E-state index in [1.807, 2.05) is 6.08 Å². The summed E-state index contributed by atoms with van der Waals surface area (Å²) in [5, 5.41) is 33.2. The van der Waals surface area contributed by atoms with Crippen molar-refractivity contribution >= 4 is 5.91 Å². The molecule has 0 aromatic heterocycles. The molecule has 0 aromatic rings. The molecule has 5 heteroatoms. The Morgan fingerprint density at radius 3 is 1.19 bits per heavy atom. The lowest BCUT2D eigenvalue weighted by Gasteiger charge is -2.20. The highest BCUT2D eigenvalue weighted by Gasteiger charge is 2.20. The van der Waals surface area contributed by atoms with E-state index in [1.165, 1.54) is 154 Å². The zero-order valence-electron chi connectivity index (χ0n) is 35.8. The molecule has 0 rings (SSSR count). The number of unbranched alkanes of at least 4 members (excludes halogenated alkanes) is 27. The van der Waals surface area contributed by atoms with Crippen LogP contribution in [0.3, 0.4) is 0 Å². The molecule has 0 aromatic carbocycles. The van der Waals surface area contributed by atoms with Gasteiger partial charge in [-0.15, -0.1) is 0 Å². The Labute approximate surface area is 336 Å². The summed E-state index contributed by atoms with van der Waals surface area (Å²) in [5.41, 5.74) is 0. The van der Waals surface area contributed by atoms with Crippen LogP contribution in [0, 0.1) is 0 Å². The van der Waals surface area contributed by atoms with Crippen molar-refractivity contribution in [3.8, 4) is 0 Å². The topological polar surface area (TPSA) is 89.8 Å². The third kappa shape index (κ3) is 40.0. The fourth-order valence-electron chi connectivity index (χ4n) is 6.95. The Morgan fingerprint density at radius 1 is 0.463 bits per heavy atom. The standard InChI is InChI=1S/C49H91NO4/c1-3-5-7-9-11-13-15-17-19-21-23-25-26-28-30-32-34-36-38-40-42-46(52)44-49(54)50-47(45-51)48(53)43-41-39-37-35-33-31-29-27-24-22-20-18-16-14-12-10-8-6-4-2/h24,26-28,33,35,41,43,46-48,51-53H,3-23,25,29-32,34,36-40,42,44-45H2,1-2H3,(H,50,54)/b27-24+,28-26-,35-33+,43-41+. The second-order valence-corrected chi connectivity index (χ2v) is 16.0. The number of carbonyl (C=O) groups excluding carboxylic acids is 1. The van der Waals surface area contributed by atoms with Crippen molar-refractivity contribution < 1.29 is 20.1 Å². The molecule has 0 saturated carbocycles. The minimum absolute atomic E-state index is 0.00388. The molecule has 54 heavy (non-hydrogen) atoms. The third-order valence-corrected chi connectivity index (χ3v) is 10.6. The lowest BCUT2D eigenvalue weighted by Crippen LogP contribution is -2.45. The summed E-state index contributed by atoms with van der Waals surface area (Å²) in [6.45, 7) is 4.20. The largest absolute Gasteiger partial charge is 0.394 e. The van der Waals surface area contributed by atoms with E-state index in [-0.39, 0.29) is 18.9 Å². The minimum Gasteiger partial charge on any atom is -0.394 e. The maximum absolute atomic E-state index is 12.4. The summed E-state index contributed by atoms with van der Waals surface area (Å²) in [5.74, 6) is -0.334. The van der Waals surface area contributed by atoms with E-state index < -0.39 is 18.2 Å². The summed E-state index contributed by atoms with van der Waals surface area (Å²) >= 11 is 0. The third-order valence-electron chi connectivity index (χ3n) is 10.6. The van der Waals surface area contributed by atoms with E-state index in [4.69, 9.17) is 0 Å². The first-order chi connectivity index (χ1) is 26.5. The average molecular weight is 758 g/mol. The Hall–Kier alpha value is -1.69. The van der Waals surface area contributed by atoms with Crippen molar-refractivity contribution in [1.29, 1.82) is 0 Å². The fraction of sp³-hybridized carbons (Fsp3) is 0.816. The summed E-state index contributed by atoms with van der Waals surface area (Å²) in [7, 11) is 0. The van der Waals surface area contributed by atoms with Gasteiger partial charge in [0.05, 0.1) is 31.3 Å². The van der Waals surface area contributed by atoms with Gasteiger partial charge in [0.2, 0.25) is 5.91 Å². The molecular formula is C49H91NO4. The predicted molar refractivity (Wildman–Crippen MR) is 236 cm³/mol. The van der Waals surface area contributed by atoms with Crippen LogP contribution in [0.4, 0.5) is 0 Å². The van der Waals surface area contributed by atoms with E-state index >= 15 is 0 Å². The van der Waals surface area contributed by atoms with Crippen LogP contribution in [0.2, 0.25) is 0 Å². The van der Waals surface area contributed by atoms with Crippen molar-refractivity contribution in [3.63, 3.8) is 0 Å². The molecule has 0 saturated heterocycles. The summed E-state index contributed by atoms with van der Waals surface area (Å²) in [4.78, 5) is 12.4. The molecule has 316 valence electrons. The highest BCUT2D eigenvalue weighted by Crippen LogP contribution is 2.14. The highest BCUT2D eigenvalue weighted by molar-refractivity contribution is 5.76. The SMILES string of the molecule is CCCCCCCCCCC/C=C/CC/C=C/CC/C=C/C(O)C(CO)NC(=O)CC(O)CCCCCCC/C=C\CCCCCCCCCCCCC. The number of allylic oxidation sites excluding steroid dienone is 7. The Kier molecular flexibility index (Phi) is 42.7. The first-order valence-corrected chi connectivity index (χ1v) is 23.4. The average Bonchev–Trinajstić information content (AvgIpc) is 3.16. The molecule has 0 bridgehead atoms. The van der Waals surface area contributed by atoms with Gasteiger partial charge in [-0.05, 0) is 70.6 Å². The molecule has 0 radical (unpaired) electrons. The minimum atomic E-state index is -0.963. The van der Waals surface area contributed by atoms with Gasteiger partial charge in [0.1, 0.15) is 0 Å². The van der Waals surface area contributed by atoms with Gasteiger partial charge >= 0.3 is 0 Å². The molecule has 3 atom stereocenters. The molecule has 0 aliphatic carbocycles. The molecule has 3 unspecified atom stereocenters. The van der Waals surface area contributed by atoms with Gasteiger partial charge in [0.25, 0.3) is 0 Å². The van der Waals surface area contributed by atoms with Crippen LogP contribution in [0.1, 0.15) is 232 Å². The lowest BCUT2D eigenvalue weighted by atomic mass is 10.0. The van der Waals surface area contributed by atoms with E-state index in [1.54, 1.807) is 6.08 Å². The molecule has 5 nitrogen and oxygen atoms in total. The number of aliphatic hydroxyl groups is 3. The fourth-order valence-corrected chi connectivity index (χ4v) is 6.95. The van der Waals surface area contributed by atoms with Gasteiger partial charge in [0, 0.05) is 0 Å². The van der Waals surface area contributed by atoms with Crippen molar-refractivity contribution in [3.05, 3.63) is 48.6 Å². The van der Waals surface area contributed by atoms with Crippen LogP contribution in [0.15, 0.2) is 48.6 Å². The van der Waals surface area contributed by atoms with E-state index in [2.05, 4.69) is 55.6 Å². The first-order valence-electron chi connectivity index (χ1n) is 23.4. The van der Waals surface area contributed by atoms with Crippen LogP contribution >= 0.6 is 0 Å². The molecule has 0 spiro atoms. The van der Waals surface area contributed by atoms with Crippen LogP contribution in [-0.4, -0.2) is 46.1 Å². The quantitative estimate of drug-likeness (QED) is 0.0369. The zero-order chi connectivity index (χ0) is 39.4. The molecular weight excluding hydrogens is 667 g/mol. The van der Waals surface area contributed by atoms with Crippen molar-refractivity contribution in [2.24, 2.45) is 0 Å². The number of nitrogens with one attached hydrogen (secondary N) is 1. The molecule has 1 amide bonds. The van der Waals surface area contributed by atoms with Gasteiger partial charge in [-0.25, -0.2) is 0 Å². The Bertz CT molecular complexity index is 881. The van der Waals surface area contributed by atoms with Gasteiger partial charge in [-0.3, -0.25) is 4.79 Å². The summed E-state index contributed by atoms with van der Waals surface area (Å²) < 4.78 is 0. The molecule has 0 fully saturated rings. The Morgan fingerprint density at radius 2 is 0.796 bits per heavy atom. The van der Waals surface area contributed by atoms with Gasteiger partial charge in [0.15, 0.2) is 0 Å². The number of hydrogen-bond donors (Lipinski definition) is 4. The van der Waals surface area contributed by atoms with Gasteiger partial charge < -0.3 is 20.6 Å². The Balaban J connectivity index is 3.73. The van der Waals surface area contributed by atoms with Crippen molar-refractivity contribution in [2.45, 2.75) is 250 Å². The maximum Gasteiger partial charge on any atom is 0.222 e. The lowest BCUT2D eigenvalue weighted by molar-refractivity contribution is -0.124. The second kappa shape index (κ2) is 44.0. The van der Waals surface area contributed by atoms with E-state index in [9.17, 15) is 20.1 Å². The molecule has 0 aliphatic heterocycles. The van der Waals surface area contributed by atoms with Crippen molar-refractivity contribution in [2.75, 3.05) is 6.61 Å². The normalized spacial score (nSPS) is 13.9.